The van der Waals surface area contributed by atoms with E-state index in [2.05, 4.69) is 21.2 Å². The Kier molecular flexibility index (Phi) is 4.20. The minimum absolute atomic E-state index is 0.104. The molecule has 1 N–H and O–H groups in total. The largest absolute Gasteiger partial charge is 0.309 e. The second-order valence-corrected chi connectivity index (χ2v) is 5.73. The number of nitrogens with one attached hydrogen (secondary N) is 1. The van der Waals surface area contributed by atoms with Gasteiger partial charge in [-0.05, 0) is 42.3 Å². The van der Waals surface area contributed by atoms with Crippen molar-refractivity contribution in [1.29, 1.82) is 0 Å². The predicted molar refractivity (Wildman–Crippen MR) is 74.3 cm³/mol. The summed E-state index contributed by atoms with van der Waals surface area (Å²) < 4.78 is 14.2. The van der Waals surface area contributed by atoms with Crippen LogP contribution in [-0.4, -0.2) is 7.05 Å². The third-order valence-electron chi connectivity index (χ3n) is 2.46. The van der Waals surface area contributed by atoms with Gasteiger partial charge >= 0.3 is 0 Å². The van der Waals surface area contributed by atoms with Crippen molar-refractivity contribution >= 4 is 38.9 Å². The smallest absolute Gasteiger partial charge is 0.123 e. The lowest BCUT2D eigenvalue weighted by Crippen LogP contribution is -2.17. The Balaban J connectivity index is 2.49. The van der Waals surface area contributed by atoms with Gasteiger partial charge in [-0.1, -0.05) is 27.5 Å². The number of hydrogen-bond acceptors (Lipinski definition) is 2. The molecule has 90 valence electrons. The van der Waals surface area contributed by atoms with Crippen molar-refractivity contribution in [2.75, 3.05) is 7.05 Å². The molecular weight excluding hydrogens is 325 g/mol. The summed E-state index contributed by atoms with van der Waals surface area (Å²) in [6.07, 6.45) is 0. The number of rotatable bonds is 3. The van der Waals surface area contributed by atoms with E-state index in [1.165, 1.54) is 12.1 Å². The summed E-state index contributed by atoms with van der Waals surface area (Å²) in [5, 5.41) is 5.78. The van der Waals surface area contributed by atoms with Gasteiger partial charge in [0.2, 0.25) is 0 Å². The molecule has 0 saturated carbocycles. The van der Waals surface area contributed by atoms with Crippen LogP contribution in [0.1, 0.15) is 16.5 Å². The molecule has 0 radical (unpaired) electrons. The molecule has 0 spiro atoms. The Bertz CT molecular complexity index is 529. The molecule has 17 heavy (non-hydrogen) atoms. The Morgan fingerprint density at radius 1 is 1.41 bits per heavy atom. The van der Waals surface area contributed by atoms with E-state index in [1.54, 1.807) is 17.4 Å². The van der Waals surface area contributed by atoms with E-state index in [0.717, 1.165) is 14.9 Å². The van der Waals surface area contributed by atoms with Crippen LogP contribution in [0.2, 0.25) is 5.02 Å². The second-order valence-electron chi connectivity index (χ2n) is 3.52. The van der Waals surface area contributed by atoms with Gasteiger partial charge in [0.05, 0.1) is 11.1 Å². The summed E-state index contributed by atoms with van der Waals surface area (Å²) in [7, 11) is 1.83. The van der Waals surface area contributed by atoms with Crippen LogP contribution < -0.4 is 5.32 Å². The van der Waals surface area contributed by atoms with E-state index in [-0.39, 0.29) is 11.9 Å². The normalized spacial score (nSPS) is 12.7. The van der Waals surface area contributed by atoms with Gasteiger partial charge in [0.25, 0.3) is 0 Å². The average molecular weight is 335 g/mol. The lowest BCUT2D eigenvalue weighted by atomic mass is 10.1. The van der Waals surface area contributed by atoms with E-state index in [1.807, 2.05) is 18.5 Å². The van der Waals surface area contributed by atoms with Crippen molar-refractivity contribution in [3.63, 3.8) is 0 Å². The highest BCUT2D eigenvalue weighted by Gasteiger charge is 2.19. The van der Waals surface area contributed by atoms with Gasteiger partial charge in [-0.15, -0.1) is 11.3 Å². The fraction of sp³-hybridized carbons (Fsp3) is 0.167. The molecule has 1 unspecified atom stereocenters. The van der Waals surface area contributed by atoms with Crippen LogP contribution in [0.15, 0.2) is 34.1 Å². The predicted octanol–water partition coefficient (Wildman–Crippen LogP) is 4.61. The molecule has 0 aliphatic rings. The highest BCUT2D eigenvalue weighted by molar-refractivity contribution is 9.10. The van der Waals surface area contributed by atoms with Crippen LogP contribution >= 0.6 is 38.9 Å². The fourth-order valence-electron chi connectivity index (χ4n) is 1.68. The zero-order valence-corrected chi connectivity index (χ0v) is 12.2. The van der Waals surface area contributed by atoms with Crippen molar-refractivity contribution in [3.05, 3.63) is 55.4 Å². The minimum Gasteiger partial charge on any atom is -0.309 e. The molecule has 2 rings (SSSR count). The van der Waals surface area contributed by atoms with Gasteiger partial charge in [0.15, 0.2) is 0 Å². The van der Waals surface area contributed by atoms with Crippen molar-refractivity contribution in [2.45, 2.75) is 6.04 Å². The SMILES string of the molecule is CNC(c1cc(F)ccc1Br)c1sccc1Cl. The maximum Gasteiger partial charge on any atom is 0.123 e. The van der Waals surface area contributed by atoms with Crippen molar-refractivity contribution in [2.24, 2.45) is 0 Å². The molecule has 0 bridgehead atoms. The molecule has 1 aromatic heterocycles. The van der Waals surface area contributed by atoms with Crippen LogP contribution in [0.25, 0.3) is 0 Å². The minimum atomic E-state index is -0.254. The Morgan fingerprint density at radius 3 is 2.76 bits per heavy atom. The van der Waals surface area contributed by atoms with Gasteiger partial charge in [0, 0.05) is 9.35 Å². The Morgan fingerprint density at radius 2 is 2.18 bits per heavy atom. The number of thiophene rings is 1. The molecule has 0 fully saturated rings. The molecule has 1 nitrogen and oxygen atoms in total. The van der Waals surface area contributed by atoms with Crippen molar-refractivity contribution < 1.29 is 4.39 Å². The van der Waals surface area contributed by atoms with Gasteiger partial charge in [0.1, 0.15) is 5.82 Å². The molecule has 1 heterocycles. The first-order chi connectivity index (χ1) is 8.13. The first-order valence-corrected chi connectivity index (χ1v) is 7.03. The maximum atomic E-state index is 13.3. The molecule has 0 aliphatic carbocycles. The lowest BCUT2D eigenvalue weighted by molar-refractivity contribution is 0.617. The molecule has 0 aliphatic heterocycles. The topological polar surface area (TPSA) is 12.0 Å². The van der Waals surface area contributed by atoms with Crippen LogP contribution in [0.4, 0.5) is 4.39 Å². The standard InChI is InChI=1S/C12H10BrClFNS/c1-16-11(12-10(14)4-5-17-12)8-6-7(15)2-3-9(8)13/h2-6,11,16H,1H3. The highest BCUT2D eigenvalue weighted by Crippen LogP contribution is 2.35. The molecule has 1 atom stereocenters. The van der Waals surface area contributed by atoms with Crippen molar-refractivity contribution in [3.8, 4) is 0 Å². The van der Waals surface area contributed by atoms with Gasteiger partial charge in [-0.2, -0.15) is 0 Å². The first kappa shape index (κ1) is 13.0. The van der Waals surface area contributed by atoms with E-state index in [0.29, 0.717) is 5.02 Å². The summed E-state index contributed by atoms with van der Waals surface area (Å²) in [4.78, 5) is 0.987. The number of hydrogen-bond donors (Lipinski definition) is 1. The molecule has 5 heteroatoms. The molecular formula is C12H10BrClFNS. The first-order valence-electron chi connectivity index (χ1n) is 4.98. The number of halogens is 3. The summed E-state index contributed by atoms with van der Waals surface area (Å²) >= 11 is 11.1. The monoisotopic (exact) mass is 333 g/mol. The summed E-state index contributed by atoms with van der Waals surface area (Å²) in [6.45, 7) is 0. The molecule has 1 aromatic carbocycles. The quantitative estimate of drug-likeness (QED) is 0.864. The van der Waals surface area contributed by atoms with Crippen LogP contribution in [0.3, 0.4) is 0 Å². The molecule has 0 saturated heterocycles. The summed E-state index contributed by atoms with van der Waals surface area (Å²) in [6, 6.07) is 6.39. The summed E-state index contributed by atoms with van der Waals surface area (Å²) in [5.74, 6) is -0.254. The van der Waals surface area contributed by atoms with Crippen LogP contribution in [-0.2, 0) is 0 Å². The maximum absolute atomic E-state index is 13.3. The van der Waals surface area contributed by atoms with E-state index < -0.39 is 0 Å². The third-order valence-corrected chi connectivity index (χ3v) is 4.61. The van der Waals surface area contributed by atoms with Crippen LogP contribution in [0, 0.1) is 5.82 Å². The van der Waals surface area contributed by atoms with E-state index >= 15 is 0 Å². The van der Waals surface area contributed by atoms with E-state index in [4.69, 9.17) is 11.6 Å². The highest BCUT2D eigenvalue weighted by atomic mass is 79.9. The van der Waals surface area contributed by atoms with Gasteiger partial charge in [-0.25, -0.2) is 4.39 Å². The average Bonchev–Trinajstić information content (AvgIpc) is 2.71. The van der Waals surface area contributed by atoms with Crippen LogP contribution in [0.5, 0.6) is 0 Å². The Hall–Kier alpha value is -0.420. The lowest BCUT2D eigenvalue weighted by Gasteiger charge is -2.17. The molecule has 0 amide bonds. The second kappa shape index (κ2) is 5.48. The summed E-state index contributed by atoms with van der Waals surface area (Å²) in [5.41, 5.74) is 0.844. The Labute approximate surface area is 117 Å². The fourth-order valence-corrected chi connectivity index (χ4v) is 3.44. The zero-order chi connectivity index (χ0) is 12.4. The molecule has 2 aromatic rings. The van der Waals surface area contributed by atoms with Gasteiger partial charge < -0.3 is 5.32 Å². The third kappa shape index (κ3) is 2.71. The number of benzene rings is 1. The van der Waals surface area contributed by atoms with Crippen molar-refractivity contribution in [1.82, 2.24) is 5.32 Å². The van der Waals surface area contributed by atoms with Gasteiger partial charge in [-0.3, -0.25) is 0 Å². The zero-order valence-electron chi connectivity index (χ0n) is 9.01. The van der Waals surface area contributed by atoms with E-state index in [9.17, 15) is 4.39 Å².